The molecule has 0 spiro atoms. The number of anilines is 1. The third-order valence-corrected chi connectivity index (χ3v) is 4.45. The topological polar surface area (TPSA) is 75.9 Å². The van der Waals surface area contributed by atoms with Crippen LogP contribution in [0, 0.1) is 0 Å². The van der Waals surface area contributed by atoms with Gasteiger partial charge in [-0.15, -0.1) is 10.2 Å². The molecule has 0 bridgehead atoms. The van der Waals surface area contributed by atoms with Crippen LogP contribution in [0.2, 0.25) is 0 Å². The molecule has 7 nitrogen and oxygen atoms in total. The Morgan fingerprint density at radius 3 is 2.58 bits per heavy atom. The standard InChI is InChI=1S/C19H20N6O/c1-14(26)21-17-4-2-15(3-5-17)12-24-10-11-25-18(13-24)22-23-19(25)16-6-8-20-9-7-16/h2-9H,10-13H2,1H3,(H,21,26). The highest BCUT2D eigenvalue weighted by Gasteiger charge is 2.21. The summed E-state index contributed by atoms with van der Waals surface area (Å²) in [4.78, 5) is 17.5. The molecule has 7 heteroatoms. The molecule has 1 aliphatic rings. The zero-order valence-corrected chi connectivity index (χ0v) is 14.6. The number of carbonyl (C=O) groups excluding carboxylic acids is 1. The van der Waals surface area contributed by atoms with Crippen LogP contribution in [-0.4, -0.2) is 37.1 Å². The molecule has 3 heterocycles. The molecule has 4 rings (SSSR count). The first-order valence-corrected chi connectivity index (χ1v) is 8.60. The number of amides is 1. The summed E-state index contributed by atoms with van der Waals surface area (Å²) in [7, 11) is 0. The van der Waals surface area contributed by atoms with Crippen molar-refractivity contribution < 1.29 is 4.79 Å². The van der Waals surface area contributed by atoms with E-state index in [1.54, 1.807) is 12.4 Å². The van der Waals surface area contributed by atoms with Crippen molar-refractivity contribution >= 4 is 11.6 Å². The Bertz CT molecular complexity index is 904. The molecule has 0 atom stereocenters. The Hall–Kier alpha value is -3.06. The average Bonchev–Trinajstić information content (AvgIpc) is 3.07. The van der Waals surface area contributed by atoms with E-state index in [0.29, 0.717) is 0 Å². The zero-order valence-electron chi connectivity index (χ0n) is 14.6. The van der Waals surface area contributed by atoms with Gasteiger partial charge in [-0.3, -0.25) is 14.7 Å². The number of fused-ring (bicyclic) bond motifs is 1. The summed E-state index contributed by atoms with van der Waals surface area (Å²) in [6.45, 7) is 4.93. The van der Waals surface area contributed by atoms with Gasteiger partial charge in [0.25, 0.3) is 0 Å². The first-order valence-electron chi connectivity index (χ1n) is 8.60. The molecule has 1 aliphatic heterocycles. The third kappa shape index (κ3) is 3.48. The molecule has 0 aliphatic carbocycles. The Morgan fingerprint density at radius 2 is 1.85 bits per heavy atom. The maximum atomic E-state index is 11.1. The number of pyridine rings is 1. The Labute approximate surface area is 151 Å². The SMILES string of the molecule is CC(=O)Nc1ccc(CN2CCn3c(nnc3-c3ccncc3)C2)cc1. The van der Waals surface area contributed by atoms with E-state index in [1.165, 1.54) is 12.5 Å². The smallest absolute Gasteiger partial charge is 0.221 e. The summed E-state index contributed by atoms with van der Waals surface area (Å²) in [5, 5.41) is 11.5. The second kappa shape index (κ2) is 7.05. The van der Waals surface area contributed by atoms with Gasteiger partial charge in [0.2, 0.25) is 5.91 Å². The summed E-state index contributed by atoms with van der Waals surface area (Å²) in [5.74, 6) is 1.83. The summed E-state index contributed by atoms with van der Waals surface area (Å²) in [6, 6.07) is 11.9. The van der Waals surface area contributed by atoms with Crippen LogP contribution in [0.5, 0.6) is 0 Å². The molecule has 26 heavy (non-hydrogen) atoms. The average molecular weight is 348 g/mol. The van der Waals surface area contributed by atoms with E-state index < -0.39 is 0 Å². The van der Waals surface area contributed by atoms with Crippen molar-refractivity contribution in [1.29, 1.82) is 0 Å². The molecule has 0 saturated heterocycles. The van der Waals surface area contributed by atoms with Crippen LogP contribution < -0.4 is 5.32 Å². The lowest BCUT2D eigenvalue weighted by Crippen LogP contribution is -2.33. The van der Waals surface area contributed by atoms with Crippen LogP contribution >= 0.6 is 0 Å². The number of hydrogen-bond donors (Lipinski definition) is 1. The highest BCUT2D eigenvalue weighted by Crippen LogP contribution is 2.22. The van der Waals surface area contributed by atoms with Crippen LogP contribution in [0.15, 0.2) is 48.8 Å². The van der Waals surface area contributed by atoms with Crippen molar-refractivity contribution in [1.82, 2.24) is 24.6 Å². The fourth-order valence-corrected chi connectivity index (χ4v) is 3.21. The number of benzene rings is 1. The van der Waals surface area contributed by atoms with E-state index >= 15 is 0 Å². The Kier molecular flexibility index (Phi) is 4.45. The van der Waals surface area contributed by atoms with Gasteiger partial charge in [0, 0.05) is 50.2 Å². The normalized spacial score (nSPS) is 14.0. The lowest BCUT2D eigenvalue weighted by atomic mass is 10.1. The van der Waals surface area contributed by atoms with E-state index in [-0.39, 0.29) is 5.91 Å². The van der Waals surface area contributed by atoms with Gasteiger partial charge in [-0.25, -0.2) is 0 Å². The van der Waals surface area contributed by atoms with E-state index in [4.69, 9.17) is 0 Å². The number of carbonyl (C=O) groups is 1. The van der Waals surface area contributed by atoms with E-state index in [1.807, 2.05) is 36.4 Å². The van der Waals surface area contributed by atoms with Crippen molar-refractivity contribution in [3.63, 3.8) is 0 Å². The van der Waals surface area contributed by atoms with E-state index in [9.17, 15) is 4.79 Å². The molecule has 2 aromatic heterocycles. The molecule has 1 N–H and O–H groups in total. The van der Waals surface area contributed by atoms with Crippen LogP contribution in [0.3, 0.4) is 0 Å². The first-order chi connectivity index (χ1) is 12.7. The van der Waals surface area contributed by atoms with E-state index in [0.717, 1.165) is 49.1 Å². The Morgan fingerprint density at radius 1 is 1.08 bits per heavy atom. The van der Waals surface area contributed by atoms with Crippen LogP contribution in [0.4, 0.5) is 5.69 Å². The fourth-order valence-electron chi connectivity index (χ4n) is 3.21. The zero-order chi connectivity index (χ0) is 17.9. The molecule has 0 radical (unpaired) electrons. The van der Waals surface area contributed by atoms with Gasteiger partial charge in [-0.1, -0.05) is 12.1 Å². The van der Waals surface area contributed by atoms with Crippen LogP contribution in [-0.2, 0) is 24.4 Å². The van der Waals surface area contributed by atoms with E-state index in [2.05, 4.69) is 30.0 Å². The third-order valence-electron chi connectivity index (χ3n) is 4.45. The van der Waals surface area contributed by atoms with Gasteiger partial charge in [-0.2, -0.15) is 0 Å². The number of aromatic nitrogens is 4. The minimum Gasteiger partial charge on any atom is -0.326 e. The van der Waals surface area contributed by atoms with Crippen LogP contribution in [0.25, 0.3) is 11.4 Å². The highest BCUT2D eigenvalue weighted by molar-refractivity contribution is 5.88. The second-order valence-corrected chi connectivity index (χ2v) is 6.42. The number of rotatable bonds is 4. The molecule has 1 amide bonds. The van der Waals surface area contributed by atoms with Crippen molar-refractivity contribution in [3.05, 3.63) is 60.2 Å². The molecule has 0 fully saturated rings. The molecular formula is C19H20N6O. The number of nitrogens with zero attached hydrogens (tertiary/aromatic N) is 5. The van der Waals surface area contributed by atoms with Gasteiger partial charge < -0.3 is 9.88 Å². The number of hydrogen-bond acceptors (Lipinski definition) is 5. The van der Waals surface area contributed by atoms with Gasteiger partial charge >= 0.3 is 0 Å². The predicted octanol–water partition coefficient (Wildman–Crippen LogP) is 2.31. The minimum absolute atomic E-state index is 0.0573. The molecule has 3 aromatic rings. The van der Waals surface area contributed by atoms with Crippen molar-refractivity contribution in [2.45, 2.75) is 26.6 Å². The van der Waals surface area contributed by atoms with Gasteiger partial charge in [-0.05, 0) is 29.8 Å². The van der Waals surface area contributed by atoms with Crippen molar-refractivity contribution in [2.24, 2.45) is 0 Å². The van der Waals surface area contributed by atoms with Crippen molar-refractivity contribution in [3.8, 4) is 11.4 Å². The molecule has 0 saturated carbocycles. The van der Waals surface area contributed by atoms with Gasteiger partial charge in [0.1, 0.15) is 5.82 Å². The van der Waals surface area contributed by atoms with Crippen LogP contribution in [0.1, 0.15) is 18.3 Å². The first kappa shape index (κ1) is 16.4. The summed E-state index contributed by atoms with van der Waals surface area (Å²) >= 11 is 0. The highest BCUT2D eigenvalue weighted by atomic mass is 16.1. The summed E-state index contributed by atoms with van der Waals surface area (Å²) < 4.78 is 2.19. The fraction of sp³-hybridized carbons (Fsp3) is 0.263. The minimum atomic E-state index is -0.0573. The quantitative estimate of drug-likeness (QED) is 0.783. The predicted molar refractivity (Wildman–Crippen MR) is 98.1 cm³/mol. The summed E-state index contributed by atoms with van der Waals surface area (Å²) in [5.41, 5.74) is 3.07. The maximum absolute atomic E-state index is 11.1. The lowest BCUT2D eigenvalue weighted by molar-refractivity contribution is -0.114. The molecule has 132 valence electrons. The number of nitrogens with one attached hydrogen (secondary N) is 1. The largest absolute Gasteiger partial charge is 0.326 e. The maximum Gasteiger partial charge on any atom is 0.221 e. The lowest BCUT2D eigenvalue weighted by Gasteiger charge is -2.27. The molecule has 0 unspecified atom stereocenters. The van der Waals surface area contributed by atoms with Crippen molar-refractivity contribution in [2.75, 3.05) is 11.9 Å². The Balaban J connectivity index is 1.44. The van der Waals surface area contributed by atoms with Gasteiger partial charge in [0.15, 0.2) is 5.82 Å². The second-order valence-electron chi connectivity index (χ2n) is 6.42. The van der Waals surface area contributed by atoms with Gasteiger partial charge in [0.05, 0.1) is 6.54 Å². The summed E-state index contributed by atoms with van der Waals surface area (Å²) in [6.07, 6.45) is 3.55. The molecule has 1 aromatic carbocycles. The monoisotopic (exact) mass is 348 g/mol. The molecular weight excluding hydrogens is 328 g/mol.